The van der Waals surface area contributed by atoms with Gasteiger partial charge in [-0.1, -0.05) is 20.3 Å². The molecule has 0 heterocycles. The smallest absolute Gasteiger partial charge is 0.0992 e. The first-order chi connectivity index (χ1) is 7.17. The summed E-state index contributed by atoms with van der Waals surface area (Å²) < 4.78 is 0. The summed E-state index contributed by atoms with van der Waals surface area (Å²) in [6, 6.07) is 7.20. The molecule has 0 unspecified atom stereocenters. The van der Waals surface area contributed by atoms with E-state index in [0.29, 0.717) is 17.8 Å². The third kappa shape index (κ3) is 5.48. The number of nitrogens with two attached hydrogens (primary N) is 1. The summed E-state index contributed by atoms with van der Waals surface area (Å²) in [6.07, 6.45) is 1.25. The van der Waals surface area contributed by atoms with Gasteiger partial charge in [0.05, 0.1) is 18.2 Å². The van der Waals surface area contributed by atoms with Gasteiger partial charge in [-0.25, -0.2) is 0 Å². The molecule has 1 rings (SSSR count). The molecule has 80 valence electrons. The molecule has 0 radical (unpaired) electrons. The average Bonchev–Trinajstić information content (AvgIpc) is 2.18. The maximum Gasteiger partial charge on any atom is 0.0992 e. The first-order valence-corrected chi connectivity index (χ1v) is 4.89. The first-order valence-electron chi connectivity index (χ1n) is 4.89. The monoisotopic (exact) mass is 203 g/mol. The number of nitrogens with zero attached hydrogens (tertiary/aromatic N) is 2. The summed E-state index contributed by atoms with van der Waals surface area (Å²) in [5.74, 6) is 0. The van der Waals surface area contributed by atoms with E-state index in [1.54, 1.807) is 18.2 Å². The van der Waals surface area contributed by atoms with Crippen LogP contribution in [0.5, 0.6) is 0 Å². The molecule has 0 spiro atoms. The van der Waals surface area contributed by atoms with Crippen molar-refractivity contribution in [2.75, 3.05) is 5.73 Å². The normalized spacial score (nSPS) is 8.33. The number of hydrogen-bond donors (Lipinski definition) is 1. The Morgan fingerprint density at radius 2 is 2.00 bits per heavy atom. The molecular weight excluding hydrogens is 186 g/mol. The van der Waals surface area contributed by atoms with Crippen molar-refractivity contribution in [2.45, 2.75) is 26.8 Å². The van der Waals surface area contributed by atoms with Crippen molar-refractivity contribution in [3.63, 3.8) is 0 Å². The highest BCUT2D eigenvalue weighted by Crippen LogP contribution is 2.11. The minimum atomic E-state index is 0.500. The van der Waals surface area contributed by atoms with Crippen LogP contribution in [0.15, 0.2) is 23.2 Å². The van der Waals surface area contributed by atoms with Gasteiger partial charge in [0.2, 0.25) is 0 Å². The van der Waals surface area contributed by atoms with Crippen molar-refractivity contribution in [3.8, 4) is 6.07 Å². The minimum Gasteiger partial charge on any atom is -0.399 e. The third-order valence-corrected chi connectivity index (χ3v) is 1.44. The number of aliphatic imine (C=N–C) groups is 1. The molecule has 0 bridgehead atoms. The topological polar surface area (TPSA) is 62.2 Å². The van der Waals surface area contributed by atoms with Gasteiger partial charge in [-0.2, -0.15) is 5.26 Å². The number of nitrogen functional groups attached to an aromatic ring is 1. The Balaban J connectivity index is 0.000000583. The summed E-state index contributed by atoms with van der Waals surface area (Å²) in [5.41, 5.74) is 7.62. The second kappa shape index (κ2) is 7.57. The van der Waals surface area contributed by atoms with Crippen LogP contribution in [0.4, 0.5) is 5.69 Å². The van der Waals surface area contributed by atoms with Crippen LogP contribution in [0.3, 0.4) is 0 Å². The van der Waals surface area contributed by atoms with E-state index in [0.717, 1.165) is 5.56 Å². The largest absolute Gasteiger partial charge is 0.399 e. The number of anilines is 1. The van der Waals surface area contributed by atoms with Gasteiger partial charge in [0.1, 0.15) is 0 Å². The predicted molar refractivity (Wildman–Crippen MR) is 64.8 cm³/mol. The molecule has 0 aliphatic carbocycles. The van der Waals surface area contributed by atoms with Crippen LogP contribution >= 0.6 is 0 Å². The van der Waals surface area contributed by atoms with Crippen molar-refractivity contribution in [3.05, 3.63) is 29.3 Å². The molecule has 0 aromatic heterocycles. The van der Waals surface area contributed by atoms with Crippen molar-refractivity contribution < 1.29 is 0 Å². The molecule has 0 aliphatic heterocycles. The van der Waals surface area contributed by atoms with Crippen molar-refractivity contribution in [1.29, 1.82) is 5.26 Å². The molecule has 0 amide bonds. The Kier molecular flexibility index (Phi) is 6.65. The fourth-order valence-corrected chi connectivity index (χ4v) is 1.00. The second-order valence-electron chi connectivity index (χ2n) is 3.16. The van der Waals surface area contributed by atoms with E-state index >= 15 is 0 Å². The summed E-state index contributed by atoms with van der Waals surface area (Å²) in [5, 5.41) is 8.60. The van der Waals surface area contributed by atoms with Crippen LogP contribution in [0, 0.1) is 11.3 Å². The highest BCUT2D eigenvalue weighted by molar-refractivity contribution is 5.48. The minimum absolute atomic E-state index is 0.500. The lowest BCUT2D eigenvalue weighted by atomic mass is 10.1. The van der Waals surface area contributed by atoms with Gasteiger partial charge < -0.3 is 5.73 Å². The molecule has 2 N–H and O–H groups in total. The molecule has 0 saturated heterocycles. The Hall–Kier alpha value is -1.82. The molecule has 3 nitrogen and oxygen atoms in total. The third-order valence-electron chi connectivity index (χ3n) is 1.44. The zero-order valence-corrected chi connectivity index (χ0v) is 9.33. The van der Waals surface area contributed by atoms with Crippen LogP contribution in [0.2, 0.25) is 0 Å². The van der Waals surface area contributed by atoms with Crippen LogP contribution in [-0.2, 0) is 6.54 Å². The predicted octanol–water partition coefficient (Wildman–Crippen LogP) is 2.76. The van der Waals surface area contributed by atoms with E-state index in [4.69, 9.17) is 11.0 Å². The SMILES string of the molecule is C=NCc1cc(N)cc(C#N)c1.CCC. The lowest BCUT2D eigenvalue weighted by Gasteiger charge is -1.99. The Labute approximate surface area is 91.3 Å². The van der Waals surface area contributed by atoms with E-state index in [9.17, 15) is 0 Å². The van der Waals surface area contributed by atoms with Gasteiger partial charge in [-0.05, 0) is 30.5 Å². The number of rotatable bonds is 2. The lowest BCUT2D eigenvalue weighted by molar-refractivity contribution is 1.08. The molecule has 0 fully saturated rings. The van der Waals surface area contributed by atoms with Crippen LogP contribution in [0.25, 0.3) is 0 Å². The standard InChI is InChI=1S/C9H9N3.C3H8/c1-12-6-8-2-7(5-10)3-9(11)4-8;1-3-2/h2-4H,1,6,11H2;3H2,1-2H3. The fourth-order valence-electron chi connectivity index (χ4n) is 1.00. The van der Waals surface area contributed by atoms with Gasteiger partial charge in [-0.3, -0.25) is 4.99 Å². The van der Waals surface area contributed by atoms with E-state index in [1.807, 2.05) is 6.07 Å². The second-order valence-corrected chi connectivity index (χ2v) is 3.16. The Morgan fingerprint density at radius 1 is 1.40 bits per heavy atom. The van der Waals surface area contributed by atoms with Crippen molar-refractivity contribution >= 4 is 12.4 Å². The van der Waals surface area contributed by atoms with Gasteiger partial charge >= 0.3 is 0 Å². The van der Waals surface area contributed by atoms with E-state index in [1.165, 1.54) is 6.42 Å². The van der Waals surface area contributed by atoms with E-state index in [2.05, 4.69) is 25.6 Å². The Bertz CT molecular complexity index is 350. The van der Waals surface area contributed by atoms with Gasteiger partial charge in [0.15, 0.2) is 0 Å². The highest BCUT2D eigenvalue weighted by atomic mass is 14.7. The summed E-state index contributed by atoms with van der Waals surface area (Å²) >= 11 is 0. The molecule has 0 saturated carbocycles. The number of hydrogen-bond acceptors (Lipinski definition) is 3. The number of nitriles is 1. The van der Waals surface area contributed by atoms with E-state index < -0.39 is 0 Å². The number of benzene rings is 1. The summed E-state index contributed by atoms with van der Waals surface area (Å²) in [6.45, 7) is 8.12. The molecule has 3 heteroatoms. The molecule has 0 atom stereocenters. The van der Waals surface area contributed by atoms with Crippen molar-refractivity contribution in [2.24, 2.45) is 4.99 Å². The van der Waals surface area contributed by atoms with E-state index in [-0.39, 0.29) is 0 Å². The molecule has 15 heavy (non-hydrogen) atoms. The van der Waals surface area contributed by atoms with Crippen LogP contribution < -0.4 is 5.73 Å². The molecule has 1 aromatic rings. The first kappa shape index (κ1) is 13.2. The zero-order valence-electron chi connectivity index (χ0n) is 9.33. The van der Waals surface area contributed by atoms with Gasteiger partial charge in [0.25, 0.3) is 0 Å². The fraction of sp³-hybridized carbons (Fsp3) is 0.333. The molecular formula is C12H17N3. The zero-order chi connectivity index (χ0) is 11.7. The van der Waals surface area contributed by atoms with Crippen molar-refractivity contribution in [1.82, 2.24) is 0 Å². The molecule has 0 aliphatic rings. The van der Waals surface area contributed by atoms with Gasteiger partial charge in [0, 0.05) is 5.69 Å². The molecule has 1 aromatic carbocycles. The van der Waals surface area contributed by atoms with Crippen LogP contribution in [-0.4, -0.2) is 6.72 Å². The lowest BCUT2D eigenvalue weighted by Crippen LogP contribution is -1.90. The summed E-state index contributed by atoms with van der Waals surface area (Å²) in [4.78, 5) is 3.71. The van der Waals surface area contributed by atoms with Crippen LogP contribution in [0.1, 0.15) is 31.4 Å². The van der Waals surface area contributed by atoms with Gasteiger partial charge in [-0.15, -0.1) is 0 Å². The quantitative estimate of drug-likeness (QED) is 0.593. The Morgan fingerprint density at radius 3 is 2.47 bits per heavy atom. The maximum atomic E-state index is 8.60. The maximum absolute atomic E-state index is 8.60. The average molecular weight is 203 g/mol. The summed E-state index contributed by atoms with van der Waals surface area (Å²) in [7, 11) is 0. The highest BCUT2D eigenvalue weighted by Gasteiger charge is 1.96.